The first-order chi connectivity index (χ1) is 10.4. The summed E-state index contributed by atoms with van der Waals surface area (Å²) in [5.74, 6) is -2.14. The Morgan fingerprint density at radius 2 is 1.73 bits per heavy atom. The predicted molar refractivity (Wildman–Crippen MR) is 80.9 cm³/mol. The molecule has 0 aromatic rings. The second kappa shape index (κ2) is 8.09. The van der Waals surface area contributed by atoms with Crippen molar-refractivity contribution in [3.8, 4) is 0 Å². The van der Waals surface area contributed by atoms with Gasteiger partial charge in [-0.25, -0.2) is 0 Å². The smallest absolute Gasteiger partial charge is 0.305 e. The molecule has 0 spiro atoms. The number of hydrogen-bond donors (Lipinski definition) is 5. The highest BCUT2D eigenvalue weighted by Crippen LogP contribution is 2.16. The van der Waals surface area contributed by atoms with E-state index in [0.29, 0.717) is 0 Å². The van der Waals surface area contributed by atoms with Crippen molar-refractivity contribution >= 4 is 17.8 Å². The standard InChI is InChI=1S/C14H27N3O5/c1-7(2)11(14(4,5)22)17-12(20)8(3)16-13(21)9(15)6-10(18)19/h7-9,11,22H,6,15H2,1-5H3,(H,16,21)(H,17,20)(H,18,19)/t8-,9-,11?/m0/s1/i/hD. The van der Waals surface area contributed by atoms with E-state index in [1.54, 1.807) is 13.8 Å². The van der Waals surface area contributed by atoms with Crippen LogP contribution in [-0.4, -0.2) is 51.7 Å². The van der Waals surface area contributed by atoms with Crippen LogP contribution in [0.5, 0.6) is 0 Å². The lowest BCUT2D eigenvalue weighted by molar-refractivity contribution is -0.139. The van der Waals surface area contributed by atoms with Crippen molar-refractivity contribution in [1.82, 2.24) is 10.6 Å². The fourth-order valence-electron chi connectivity index (χ4n) is 2.10. The summed E-state index contributed by atoms with van der Waals surface area (Å²) >= 11 is 0. The lowest BCUT2D eigenvalue weighted by atomic mass is 9.89. The van der Waals surface area contributed by atoms with Gasteiger partial charge in [0.05, 0.1) is 24.1 Å². The van der Waals surface area contributed by atoms with Crippen molar-refractivity contribution in [2.75, 3.05) is 0 Å². The highest BCUT2D eigenvalue weighted by atomic mass is 16.4. The van der Waals surface area contributed by atoms with Crippen molar-refractivity contribution in [2.24, 2.45) is 11.7 Å². The van der Waals surface area contributed by atoms with Crippen LogP contribution in [0, 0.1) is 5.92 Å². The second-order valence-electron chi connectivity index (χ2n) is 6.30. The average Bonchev–Trinajstić information content (AvgIpc) is 2.42. The molecule has 0 rings (SSSR count). The van der Waals surface area contributed by atoms with E-state index in [0.717, 1.165) is 0 Å². The molecule has 0 fully saturated rings. The molecule has 3 atom stereocenters. The predicted octanol–water partition coefficient (Wildman–Crippen LogP) is -0.795. The molecule has 128 valence electrons. The minimum atomic E-state index is -1.21. The summed E-state index contributed by atoms with van der Waals surface area (Å²) in [4.78, 5) is 34.8. The third kappa shape index (κ3) is 6.86. The van der Waals surface area contributed by atoms with E-state index < -0.39 is 47.9 Å². The molecule has 8 heteroatoms. The number of carboxylic acid groups (broad SMARTS) is 1. The molecule has 0 aromatic carbocycles. The zero-order chi connectivity index (χ0) is 18.4. The zero-order valence-electron chi connectivity index (χ0n) is 14.7. The number of amides is 2. The Morgan fingerprint density at radius 3 is 2.14 bits per heavy atom. The third-order valence-electron chi connectivity index (χ3n) is 3.20. The highest BCUT2D eigenvalue weighted by Gasteiger charge is 2.32. The van der Waals surface area contributed by atoms with Crippen LogP contribution in [0.25, 0.3) is 1.43 Å². The van der Waals surface area contributed by atoms with E-state index in [1.807, 2.05) is 13.8 Å². The second-order valence-corrected chi connectivity index (χ2v) is 6.30. The van der Waals surface area contributed by atoms with Gasteiger partial charge < -0.3 is 26.6 Å². The molecular weight excluding hydrogens is 290 g/mol. The molecule has 0 aliphatic rings. The van der Waals surface area contributed by atoms with Gasteiger partial charge in [0.1, 0.15) is 6.04 Å². The maximum Gasteiger partial charge on any atom is 0.305 e. The third-order valence-corrected chi connectivity index (χ3v) is 3.20. The normalized spacial score (nSPS) is 16.3. The summed E-state index contributed by atoms with van der Waals surface area (Å²) in [7, 11) is 0. The van der Waals surface area contributed by atoms with Crippen LogP contribution in [0.3, 0.4) is 0 Å². The Balaban J connectivity index is 4.66. The number of rotatable bonds is 8. The van der Waals surface area contributed by atoms with Crippen molar-refractivity contribution in [3.05, 3.63) is 0 Å². The van der Waals surface area contributed by atoms with E-state index in [-0.39, 0.29) is 5.92 Å². The first-order valence-corrected chi connectivity index (χ1v) is 7.14. The number of aliphatic carboxylic acids is 1. The summed E-state index contributed by atoms with van der Waals surface area (Å²) in [6.45, 7) is 8.35. The quantitative estimate of drug-likeness (QED) is 0.397. The molecule has 0 bridgehead atoms. The van der Waals surface area contributed by atoms with Crippen LogP contribution in [-0.2, 0) is 14.4 Å². The van der Waals surface area contributed by atoms with Crippen LogP contribution in [0.15, 0.2) is 0 Å². The number of nitrogens with two attached hydrogens (primary N) is 1. The lowest BCUT2D eigenvalue weighted by Gasteiger charge is -2.34. The van der Waals surface area contributed by atoms with Gasteiger partial charge in [0, 0.05) is 0 Å². The highest BCUT2D eigenvalue weighted by molar-refractivity contribution is 5.91. The first kappa shape index (κ1) is 18.4. The van der Waals surface area contributed by atoms with Crippen molar-refractivity contribution in [1.29, 1.82) is 1.43 Å². The molecule has 2 amide bonds. The van der Waals surface area contributed by atoms with Crippen LogP contribution < -0.4 is 16.4 Å². The molecule has 6 N–H and O–H groups in total. The summed E-state index contributed by atoms with van der Waals surface area (Å²) < 4.78 is 6.40. The number of carbonyl (C=O) groups excluding carboxylic acids is 2. The number of carboxylic acids is 1. The maximum atomic E-state index is 12.1. The maximum absolute atomic E-state index is 12.1. The molecule has 0 aliphatic heterocycles. The molecule has 0 aromatic heterocycles. The van der Waals surface area contributed by atoms with Gasteiger partial charge in [0.15, 0.2) is 0 Å². The van der Waals surface area contributed by atoms with Gasteiger partial charge in [-0.2, -0.15) is 0 Å². The topological polar surface area (TPSA) is 142 Å². The van der Waals surface area contributed by atoms with Crippen LogP contribution in [0.2, 0.25) is 0 Å². The fraction of sp³-hybridized carbons (Fsp3) is 0.786. The van der Waals surface area contributed by atoms with Gasteiger partial charge in [-0.3, -0.25) is 14.4 Å². The van der Waals surface area contributed by atoms with E-state index in [2.05, 4.69) is 15.7 Å². The molecule has 22 heavy (non-hydrogen) atoms. The van der Waals surface area contributed by atoms with Crippen molar-refractivity contribution < 1.29 is 24.6 Å². The van der Waals surface area contributed by atoms with Gasteiger partial charge in [0.2, 0.25) is 11.8 Å². The SMILES string of the molecule is [2H]OC(=O)C[C@H](N)C(=O)N[C@@H](C)C(=O)NC(C(C)C)C(C)(C)O. The van der Waals surface area contributed by atoms with Gasteiger partial charge in [-0.15, -0.1) is 0 Å². The molecular formula is C14H27N3O5. The Kier molecular flexibility index (Phi) is 6.76. The van der Waals surface area contributed by atoms with Gasteiger partial charge in [0.25, 0.3) is 1.43 Å². The molecule has 8 nitrogen and oxygen atoms in total. The monoisotopic (exact) mass is 318 g/mol. The fourth-order valence-corrected chi connectivity index (χ4v) is 2.10. The minimum absolute atomic E-state index is 0.0177. The minimum Gasteiger partial charge on any atom is -0.481 e. The molecule has 0 radical (unpaired) electrons. The molecule has 1 unspecified atom stereocenters. The van der Waals surface area contributed by atoms with Crippen molar-refractivity contribution in [2.45, 2.75) is 64.8 Å². The van der Waals surface area contributed by atoms with E-state index in [1.165, 1.54) is 6.92 Å². The molecule has 0 saturated heterocycles. The molecule has 0 saturated carbocycles. The van der Waals surface area contributed by atoms with Gasteiger partial charge in [-0.05, 0) is 26.7 Å². The number of aliphatic hydroxyl groups is 1. The zero-order valence-corrected chi connectivity index (χ0v) is 13.7. The average molecular weight is 318 g/mol. The lowest BCUT2D eigenvalue weighted by Crippen LogP contribution is -2.57. The number of hydrogen-bond acceptors (Lipinski definition) is 6. The van der Waals surface area contributed by atoms with E-state index >= 15 is 0 Å². The summed E-state index contributed by atoms with van der Waals surface area (Å²) in [6, 6.07) is -2.61. The van der Waals surface area contributed by atoms with E-state index in [9.17, 15) is 19.5 Å². The van der Waals surface area contributed by atoms with Crippen molar-refractivity contribution in [3.63, 3.8) is 0 Å². The van der Waals surface area contributed by atoms with Crippen LogP contribution in [0.4, 0.5) is 0 Å². The Labute approximate surface area is 131 Å². The first-order valence-electron chi connectivity index (χ1n) is 7.55. The van der Waals surface area contributed by atoms with Crippen LogP contribution >= 0.6 is 0 Å². The summed E-state index contributed by atoms with van der Waals surface area (Å²) in [5, 5.41) is 18.8. The summed E-state index contributed by atoms with van der Waals surface area (Å²) in [6.07, 6.45) is -0.456. The number of carbonyl (C=O) groups is 3. The van der Waals surface area contributed by atoms with Gasteiger partial charge in [-0.1, -0.05) is 13.8 Å². The number of nitrogens with one attached hydrogen (secondary N) is 2. The largest absolute Gasteiger partial charge is 0.481 e. The Hall–Kier alpha value is -1.67. The van der Waals surface area contributed by atoms with Gasteiger partial charge >= 0.3 is 5.97 Å². The molecule has 0 heterocycles. The molecule has 0 aliphatic carbocycles. The van der Waals surface area contributed by atoms with Crippen LogP contribution in [0.1, 0.15) is 41.0 Å². The summed E-state index contributed by atoms with van der Waals surface area (Å²) in [5.41, 5.74) is 4.37. The Morgan fingerprint density at radius 1 is 1.18 bits per heavy atom. The Bertz CT molecular complexity index is 437. The van der Waals surface area contributed by atoms with E-state index in [4.69, 9.17) is 7.16 Å².